The normalized spacial score (nSPS) is 12.4. The van der Waals surface area contributed by atoms with Crippen molar-refractivity contribution in [1.82, 2.24) is 10.3 Å². The minimum absolute atomic E-state index is 0.127. The van der Waals surface area contributed by atoms with Gasteiger partial charge in [-0.1, -0.05) is 28.9 Å². The lowest BCUT2D eigenvalue weighted by Crippen LogP contribution is -2.24. The zero-order chi connectivity index (χ0) is 14.5. The average molecular weight is 337 g/mol. The van der Waals surface area contributed by atoms with Gasteiger partial charge in [0.2, 0.25) is 0 Å². The zero-order valence-electron chi connectivity index (χ0n) is 11.7. The Bertz CT molecular complexity index is 586. The highest BCUT2D eigenvalue weighted by Crippen LogP contribution is 2.24. The third-order valence-electron chi connectivity index (χ3n) is 3.18. The fourth-order valence-corrected chi connectivity index (χ4v) is 2.70. The number of rotatable bonds is 5. The summed E-state index contributed by atoms with van der Waals surface area (Å²) in [5, 5.41) is 3.44. The molecule has 1 N–H and O–H groups in total. The molecule has 1 atom stereocenters. The van der Waals surface area contributed by atoms with Crippen LogP contribution in [0.1, 0.15) is 29.8 Å². The maximum Gasteiger partial charge on any atom is 0.124 e. The fourth-order valence-electron chi connectivity index (χ4n) is 2.18. The first-order valence-corrected chi connectivity index (χ1v) is 7.49. The lowest BCUT2D eigenvalue weighted by Gasteiger charge is -2.18. The summed E-state index contributed by atoms with van der Waals surface area (Å²) in [5.41, 5.74) is 3.28. The summed E-state index contributed by atoms with van der Waals surface area (Å²) < 4.78 is 14.0. The van der Waals surface area contributed by atoms with Crippen LogP contribution < -0.4 is 5.32 Å². The maximum atomic E-state index is 13.2. The van der Waals surface area contributed by atoms with E-state index in [0.29, 0.717) is 0 Å². The Morgan fingerprint density at radius 3 is 2.75 bits per heavy atom. The van der Waals surface area contributed by atoms with Gasteiger partial charge in [0, 0.05) is 10.7 Å². The van der Waals surface area contributed by atoms with Crippen molar-refractivity contribution in [3.63, 3.8) is 0 Å². The predicted molar refractivity (Wildman–Crippen MR) is 83.2 cm³/mol. The van der Waals surface area contributed by atoms with Gasteiger partial charge in [-0.05, 0) is 55.3 Å². The monoisotopic (exact) mass is 336 g/mol. The number of hydrogen-bond acceptors (Lipinski definition) is 2. The van der Waals surface area contributed by atoms with Gasteiger partial charge in [0.1, 0.15) is 5.82 Å². The molecule has 20 heavy (non-hydrogen) atoms. The van der Waals surface area contributed by atoms with Crippen LogP contribution >= 0.6 is 15.9 Å². The molecule has 2 rings (SSSR count). The van der Waals surface area contributed by atoms with Crippen molar-refractivity contribution < 1.29 is 4.39 Å². The molecule has 1 aromatic heterocycles. The van der Waals surface area contributed by atoms with E-state index in [2.05, 4.69) is 46.1 Å². The molecular formula is C16H18BrFN2. The van der Waals surface area contributed by atoms with Crippen molar-refractivity contribution >= 4 is 15.9 Å². The number of benzene rings is 1. The first kappa shape index (κ1) is 15.1. The Balaban J connectivity index is 2.25. The van der Waals surface area contributed by atoms with E-state index in [-0.39, 0.29) is 11.9 Å². The molecule has 0 saturated carbocycles. The molecule has 1 unspecified atom stereocenters. The summed E-state index contributed by atoms with van der Waals surface area (Å²) in [5.74, 6) is -0.227. The molecule has 0 saturated heterocycles. The largest absolute Gasteiger partial charge is 0.309 e. The molecule has 2 aromatic rings. The number of hydrogen-bond donors (Lipinski definition) is 1. The van der Waals surface area contributed by atoms with Crippen LogP contribution in [0.3, 0.4) is 0 Å². The SMILES string of the molecule is CCNC(Cc1ccc(F)cc1Br)c1cc(C)ccn1. The van der Waals surface area contributed by atoms with E-state index in [1.54, 1.807) is 0 Å². The highest BCUT2D eigenvalue weighted by atomic mass is 79.9. The molecule has 1 aromatic carbocycles. The van der Waals surface area contributed by atoms with Gasteiger partial charge in [0.25, 0.3) is 0 Å². The molecule has 1 heterocycles. The van der Waals surface area contributed by atoms with E-state index in [1.807, 2.05) is 18.3 Å². The minimum Gasteiger partial charge on any atom is -0.309 e. The second kappa shape index (κ2) is 6.95. The van der Waals surface area contributed by atoms with Crippen LogP contribution in [0.5, 0.6) is 0 Å². The molecule has 0 aliphatic heterocycles. The van der Waals surface area contributed by atoms with Crippen molar-refractivity contribution in [2.75, 3.05) is 6.54 Å². The zero-order valence-corrected chi connectivity index (χ0v) is 13.2. The molecule has 0 aliphatic carbocycles. The quantitative estimate of drug-likeness (QED) is 0.885. The summed E-state index contributed by atoms with van der Waals surface area (Å²) in [6.07, 6.45) is 2.60. The molecule has 106 valence electrons. The van der Waals surface area contributed by atoms with Crippen LogP contribution in [-0.4, -0.2) is 11.5 Å². The van der Waals surface area contributed by atoms with E-state index >= 15 is 0 Å². The molecule has 0 radical (unpaired) electrons. The smallest absolute Gasteiger partial charge is 0.124 e. The number of nitrogens with one attached hydrogen (secondary N) is 1. The van der Waals surface area contributed by atoms with Crippen LogP contribution in [0.4, 0.5) is 4.39 Å². The average Bonchev–Trinajstić information content (AvgIpc) is 2.41. The van der Waals surface area contributed by atoms with Gasteiger partial charge in [-0.15, -0.1) is 0 Å². The van der Waals surface area contributed by atoms with Crippen molar-refractivity contribution in [1.29, 1.82) is 0 Å². The lowest BCUT2D eigenvalue weighted by atomic mass is 10.0. The van der Waals surface area contributed by atoms with Gasteiger partial charge in [-0.3, -0.25) is 4.98 Å². The Kier molecular flexibility index (Phi) is 5.26. The first-order chi connectivity index (χ1) is 9.60. The van der Waals surface area contributed by atoms with Gasteiger partial charge in [-0.25, -0.2) is 4.39 Å². The van der Waals surface area contributed by atoms with E-state index in [1.165, 1.54) is 17.7 Å². The van der Waals surface area contributed by atoms with Crippen LogP contribution in [0.2, 0.25) is 0 Å². The summed E-state index contributed by atoms with van der Waals surface area (Å²) in [6, 6.07) is 9.01. The van der Waals surface area contributed by atoms with E-state index in [4.69, 9.17) is 0 Å². The predicted octanol–water partition coefficient (Wildman–Crippen LogP) is 4.18. The fraction of sp³-hybridized carbons (Fsp3) is 0.312. The molecule has 0 amide bonds. The van der Waals surface area contributed by atoms with Crippen LogP contribution in [-0.2, 0) is 6.42 Å². The number of nitrogens with zero attached hydrogens (tertiary/aromatic N) is 1. The van der Waals surface area contributed by atoms with Gasteiger partial charge in [-0.2, -0.15) is 0 Å². The number of halogens is 2. The summed E-state index contributed by atoms with van der Waals surface area (Å²) in [4.78, 5) is 4.45. The van der Waals surface area contributed by atoms with Crippen molar-refractivity contribution in [2.45, 2.75) is 26.3 Å². The number of likely N-dealkylation sites (N-methyl/N-ethyl adjacent to an activating group) is 1. The van der Waals surface area contributed by atoms with Crippen LogP contribution in [0, 0.1) is 12.7 Å². The van der Waals surface area contributed by atoms with Crippen LogP contribution in [0.25, 0.3) is 0 Å². The molecule has 0 aliphatic rings. The third-order valence-corrected chi connectivity index (χ3v) is 3.92. The van der Waals surface area contributed by atoms with E-state index in [9.17, 15) is 4.39 Å². The Hall–Kier alpha value is -1.26. The first-order valence-electron chi connectivity index (χ1n) is 6.70. The minimum atomic E-state index is -0.227. The molecule has 2 nitrogen and oxygen atoms in total. The maximum absolute atomic E-state index is 13.2. The molecule has 4 heteroatoms. The summed E-state index contributed by atoms with van der Waals surface area (Å²) in [6.45, 7) is 4.99. The second-order valence-corrected chi connectivity index (χ2v) is 5.66. The molecular weight excluding hydrogens is 319 g/mol. The Labute approximate surface area is 127 Å². The highest BCUT2D eigenvalue weighted by Gasteiger charge is 2.14. The standard InChI is InChI=1S/C16H18BrFN2/c1-3-19-16(15-8-11(2)6-7-20-15)9-12-4-5-13(18)10-14(12)17/h4-8,10,16,19H,3,9H2,1-2H3. The van der Waals surface area contributed by atoms with Crippen molar-refractivity contribution in [3.8, 4) is 0 Å². The van der Waals surface area contributed by atoms with Gasteiger partial charge < -0.3 is 5.32 Å². The molecule has 0 spiro atoms. The second-order valence-electron chi connectivity index (χ2n) is 4.81. The third kappa shape index (κ3) is 3.87. The number of aryl methyl sites for hydroxylation is 1. The van der Waals surface area contributed by atoms with E-state index in [0.717, 1.165) is 28.7 Å². The number of pyridine rings is 1. The van der Waals surface area contributed by atoms with E-state index < -0.39 is 0 Å². The molecule has 0 bridgehead atoms. The molecule has 0 fully saturated rings. The Morgan fingerprint density at radius 2 is 2.10 bits per heavy atom. The van der Waals surface area contributed by atoms with Crippen molar-refractivity contribution in [2.24, 2.45) is 0 Å². The highest BCUT2D eigenvalue weighted by molar-refractivity contribution is 9.10. The summed E-state index contributed by atoms with van der Waals surface area (Å²) in [7, 11) is 0. The lowest BCUT2D eigenvalue weighted by molar-refractivity contribution is 0.534. The summed E-state index contributed by atoms with van der Waals surface area (Å²) >= 11 is 3.43. The topological polar surface area (TPSA) is 24.9 Å². The van der Waals surface area contributed by atoms with Gasteiger partial charge in [0.05, 0.1) is 11.7 Å². The van der Waals surface area contributed by atoms with Gasteiger partial charge >= 0.3 is 0 Å². The van der Waals surface area contributed by atoms with Crippen LogP contribution in [0.15, 0.2) is 41.0 Å². The van der Waals surface area contributed by atoms with Gasteiger partial charge in [0.15, 0.2) is 0 Å². The number of aromatic nitrogens is 1. The Morgan fingerprint density at radius 1 is 1.30 bits per heavy atom. The van der Waals surface area contributed by atoms with Crippen molar-refractivity contribution in [3.05, 3.63) is 63.6 Å².